The van der Waals surface area contributed by atoms with Gasteiger partial charge in [-0.25, -0.2) is 0 Å². The lowest BCUT2D eigenvalue weighted by Gasteiger charge is -1.94. The summed E-state index contributed by atoms with van der Waals surface area (Å²) in [7, 11) is 0. The summed E-state index contributed by atoms with van der Waals surface area (Å²) in [6, 6.07) is 7.21. The third kappa shape index (κ3) is 1.37. The van der Waals surface area contributed by atoms with E-state index in [-0.39, 0.29) is 5.06 Å². The van der Waals surface area contributed by atoms with E-state index in [0.29, 0.717) is 10.5 Å². The first-order valence-electron chi connectivity index (χ1n) is 3.56. The Morgan fingerprint density at radius 2 is 2.15 bits per heavy atom. The summed E-state index contributed by atoms with van der Waals surface area (Å²) in [6.07, 6.45) is 0. The summed E-state index contributed by atoms with van der Waals surface area (Å²) >= 11 is 5.45. The molecule has 0 bridgehead atoms. The van der Waals surface area contributed by atoms with Crippen LogP contribution in [0.15, 0.2) is 23.1 Å². The Kier molecular flexibility index (Phi) is 1.91. The first-order valence-corrected chi connectivity index (χ1v) is 4.82. The normalized spacial score (nSPS) is 10.2. The van der Waals surface area contributed by atoms with E-state index in [4.69, 9.17) is 5.26 Å². The van der Waals surface area contributed by atoms with Crippen molar-refractivity contribution in [3.05, 3.63) is 23.8 Å². The zero-order chi connectivity index (χ0) is 9.42. The second kappa shape index (κ2) is 2.95. The highest BCUT2D eigenvalue weighted by Gasteiger charge is 2.04. The van der Waals surface area contributed by atoms with Crippen molar-refractivity contribution >= 4 is 34.1 Å². The van der Waals surface area contributed by atoms with Crippen molar-refractivity contribution in [3.63, 3.8) is 0 Å². The van der Waals surface area contributed by atoms with Gasteiger partial charge in [0, 0.05) is 9.60 Å². The van der Waals surface area contributed by atoms with Crippen LogP contribution in [0.3, 0.4) is 0 Å². The van der Waals surface area contributed by atoms with Crippen molar-refractivity contribution in [2.45, 2.75) is 4.90 Å². The number of nitrogens with zero attached hydrogens (tertiary/aromatic N) is 1. The highest BCUT2D eigenvalue weighted by molar-refractivity contribution is 7.80. The number of nitriles is 1. The minimum atomic E-state index is 0.262. The van der Waals surface area contributed by atoms with Gasteiger partial charge in [-0.1, -0.05) is 11.3 Å². The summed E-state index contributed by atoms with van der Waals surface area (Å²) in [5, 5.41) is 19.1. The molecule has 0 saturated heterocycles. The van der Waals surface area contributed by atoms with Gasteiger partial charge in [0.2, 0.25) is 0 Å². The fourth-order valence-electron chi connectivity index (χ4n) is 1.15. The van der Waals surface area contributed by atoms with Crippen molar-refractivity contribution in [1.29, 1.82) is 5.26 Å². The molecule has 4 heteroatoms. The number of rotatable bonds is 0. The van der Waals surface area contributed by atoms with Gasteiger partial charge in [-0.15, -0.1) is 12.6 Å². The van der Waals surface area contributed by atoms with E-state index >= 15 is 0 Å². The molecule has 0 aliphatic carbocycles. The number of hydrogen-bond donors (Lipinski definition) is 2. The fourth-order valence-corrected chi connectivity index (χ4v) is 2.31. The van der Waals surface area contributed by atoms with Crippen LogP contribution in [0.5, 0.6) is 5.06 Å². The Hall–Kier alpha value is -1.18. The van der Waals surface area contributed by atoms with Gasteiger partial charge in [-0.3, -0.25) is 0 Å². The molecule has 0 aliphatic heterocycles. The van der Waals surface area contributed by atoms with Crippen LogP contribution < -0.4 is 0 Å². The Morgan fingerprint density at radius 1 is 1.38 bits per heavy atom. The van der Waals surface area contributed by atoms with E-state index in [1.807, 2.05) is 6.07 Å². The molecule has 0 spiro atoms. The first kappa shape index (κ1) is 8.42. The predicted molar refractivity (Wildman–Crippen MR) is 55.5 cm³/mol. The third-order valence-corrected chi connectivity index (χ3v) is 3.01. The molecule has 0 amide bonds. The molecule has 0 fully saturated rings. The number of hydrogen-bond acceptors (Lipinski definition) is 4. The Labute approximate surface area is 84.5 Å². The quantitative estimate of drug-likeness (QED) is 0.652. The van der Waals surface area contributed by atoms with E-state index in [2.05, 4.69) is 12.6 Å². The zero-order valence-corrected chi connectivity index (χ0v) is 8.19. The highest BCUT2D eigenvalue weighted by Crippen LogP contribution is 2.33. The molecule has 0 atom stereocenters. The summed E-state index contributed by atoms with van der Waals surface area (Å²) in [5.41, 5.74) is 0.536. The molecule has 2 rings (SSSR count). The smallest absolute Gasteiger partial charge is 0.172 e. The van der Waals surface area contributed by atoms with Crippen molar-refractivity contribution in [2.75, 3.05) is 0 Å². The lowest BCUT2D eigenvalue weighted by Crippen LogP contribution is -1.75. The largest absolute Gasteiger partial charge is 0.499 e. The number of thiol groups is 1. The van der Waals surface area contributed by atoms with Crippen molar-refractivity contribution in [1.82, 2.24) is 0 Å². The molecular formula is C9H5NOS2. The van der Waals surface area contributed by atoms with Crippen molar-refractivity contribution in [3.8, 4) is 11.1 Å². The second-order valence-corrected chi connectivity index (χ2v) is 4.15. The molecule has 13 heavy (non-hydrogen) atoms. The van der Waals surface area contributed by atoms with Gasteiger partial charge in [0.15, 0.2) is 5.06 Å². The molecule has 0 aliphatic rings. The van der Waals surface area contributed by atoms with Crippen LogP contribution in [0.1, 0.15) is 5.56 Å². The summed E-state index contributed by atoms with van der Waals surface area (Å²) < 4.78 is 0.946. The molecule has 1 aromatic carbocycles. The predicted octanol–water partition coefficient (Wildman–Crippen LogP) is 2.77. The average Bonchev–Trinajstić information content (AvgIpc) is 2.42. The minimum Gasteiger partial charge on any atom is -0.499 e. The molecule has 2 nitrogen and oxygen atoms in total. The molecule has 64 valence electrons. The molecule has 1 aromatic heterocycles. The molecule has 0 unspecified atom stereocenters. The summed E-state index contributed by atoms with van der Waals surface area (Å²) in [4.78, 5) is 0.650. The van der Waals surface area contributed by atoms with Gasteiger partial charge in [-0.05, 0) is 23.6 Å². The molecular weight excluding hydrogens is 202 g/mol. The van der Waals surface area contributed by atoms with Crippen LogP contribution in [0.4, 0.5) is 0 Å². The van der Waals surface area contributed by atoms with Crippen LogP contribution in [-0.4, -0.2) is 5.11 Å². The molecule has 0 radical (unpaired) electrons. The van der Waals surface area contributed by atoms with Crippen LogP contribution in [0.25, 0.3) is 10.1 Å². The van der Waals surface area contributed by atoms with Gasteiger partial charge in [0.1, 0.15) is 6.07 Å². The average molecular weight is 207 g/mol. The van der Waals surface area contributed by atoms with Gasteiger partial charge >= 0.3 is 0 Å². The lowest BCUT2D eigenvalue weighted by atomic mass is 10.2. The topological polar surface area (TPSA) is 44.0 Å². The highest BCUT2D eigenvalue weighted by atomic mass is 32.1. The summed E-state index contributed by atoms with van der Waals surface area (Å²) in [6.45, 7) is 0. The SMILES string of the molecule is N#Cc1cc2cc(O)sc2cc1S. The van der Waals surface area contributed by atoms with Crippen molar-refractivity contribution in [2.24, 2.45) is 0 Å². The van der Waals surface area contributed by atoms with E-state index in [9.17, 15) is 5.11 Å². The van der Waals surface area contributed by atoms with Gasteiger partial charge in [0.25, 0.3) is 0 Å². The maximum Gasteiger partial charge on any atom is 0.172 e. The minimum absolute atomic E-state index is 0.262. The maximum atomic E-state index is 9.22. The zero-order valence-electron chi connectivity index (χ0n) is 6.48. The van der Waals surface area contributed by atoms with Crippen molar-refractivity contribution < 1.29 is 5.11 Å². The maximum absolute atomic E-state index is 9.22. The van der Waals surface area contributed by atoms with E-state index in [0.717, 1.165) is 10.1 Å². The fraction of sp³-hybridized carbons (Fsp3) is 0. The molecule has 2 aromatic rings. The number of thiophene rings is 1. The first-order chi connectivity index (χ1) is 6.20. The number of benzene rings is 1. The lowest BCUT2D eigenvalue weighted by molar-refractivity contribution is 0.491. The third-order valence-electron chi connectivity index (χ3n) is 1.74. The Balaban J connectivity index is 2.82. The van der Waals surface area contributed by atoms with Gasteiger partial charge in [-0.2, -0.15) is 5.26 Å². The van der Waals surface area contributed by atoms with Crippen LogP contribution in [0, 0.1) is 11.3 Å². The monoisotopic (exact) mass is 207 g/mol. The second-order valence-electron chi connectivity index (χ2n) is 2.60. The van der Waals surface area contributed by atoms with Crippen LogP contribution in [0.2, 0.25) is 0 Å². The van der Waals surface area contributed by atoms with Gasteiger partial charge in [0.05, 0.1) is 5.56 Å². The number of aromatic hydroxyl groups is 1. The molecule has 0 saturated carbocycles. The van der Waals surface area contributed by atoms with E-state index < -0.39 is 0 Å². The van der Waals surface area contributed by atoms with E-state index in [1.54, 1.807) is 18.2 Å². The molecule has 1 heterocycles. The van der Waals surface area contributed by atoms with Crippen LogP contribution >= 0.6 is 24.0 Å². The van der Waals surface area contributed by atoms with Gasteiger partial charge < -0.3 is 5.11 Å². The molecule has 1 N–H and O–H groups in total. The number of fused-ring (bicyclic) bond motifs is 1. The standard InChI is InChI=1S/C9H5NOS2/c10-4-6-1-5-2-9(11)13-8(5)3-7(6)12/h1-3,11-12H. The van der Waals surface area contributed by atoms with Crippen LogP contribution in [-0.2, 0) is 0 Å². The van der Waals surface area contributed by atoms with E-state index in [1.165, 1.54) is 11.3 Å². The summed E-state index contributed by atoms with van der Waals surface area (Å²) in [5.74, 6) is 0. The Bertz CT molecular complexity index is 510. The Morgan fingerprint density at radius 3 is 2.85 bits per heavy atom.